The van der Waals surface area contributed by atoms with Gasteiger partial charge in [-0.1, -0.05) is 12.1 Å². The summed E-state index contributed by atoms with van der Waals surface area (Å²) in [5, 5.41) is 12.3. The quantitative estimate of drug-likeness (QED) is 0.512. The Labute approximate surface area is 161 Å². The molecule has 1 aliphatic heterocycles. The molecule has 1 aliphatic rings. The van der Waals surface area contributed by atoms with Crippen molar-refractivity contribution in [2.24, 2.45) is 0 Å². The van der Waals surface area contributed by atoms with E-state index in [0.29, 0.717) is 19.8 Å². The number of hydrogen-bond acceptors (Lipinski definition) is 4. The topological polar surface area (TPSA) is 86.0 Å². The molecule has 7 heteroatoms. The average molecular weight is 375 g/mol. The number of amides is 1. The highest BCUT2D eigenvalue weighted by Gasteiger charge is 2.16. The molecule has 4 aromatic rings. The van der Waals surface area contributed by atoms with Crippen LogP contribution in [0.5, 0.6) is 0 Å². The average Bonchev–Trinajstić information content (AvgIpc) is 3.37. The Kier molecular flexibility index (Phi) is 4.31. The highest BCUT2D eigenvalue weighted by molar-refractivity contribution is 6.05. The Balaban J connectivity index is 1.49. The van der Waals surface area contributed by atoms with Gasteiger partial charge in [-0.2, -0.15) is 5.10 Å². The molecule has 2 aromatic carbocycles. The molecule has 0 aliphatic carbocycles. The van der Waals surface area contributed by atoms with Gasteiger partial charge >= 0.3 is 0 Å². The molecule has 0 bridgehead atoms. The Morgan fingerprint density at radius 2 is 2.04 bits per heavy atom. The van der Waals surface area contributed by atoms with Crippen LogP contribution in [0.3, 0.4) is 0 Å². The van der Waals surface area contributed by atoms with E-state index in [4.69, 9.17) is 4.74 Å². The number of hydrogen-bond donors (Lipinski definition) is 3. The van der Waals surface area contributed by atoms with Gasteiger partial charge in [0.25, 0.3) is 0 Å². The van der Waals surface area contributed by atoms with E-state index in [1.165, 1.54) is 0 Å². The van der Waals surface area contributed by atoms with Gasteiger partial charge < -0.3 is 15.0 Å². The van der Waals surface area contributed by atoms with Crippen molar-refractivity contribution in [3.8, 4) is 11.1 Å². The molecule has 0 unspecified atom stereocenters. The third kappa shape index (κ3) is 3.15. The summed E-state index contributed by atoms with van der Waals surface area (Å²) in [6.45, 7) is 3.28. The van der Waals surface area contributed by atoms with Crippen molar-refractivity contribution in [2.75, 3.05) is 38.2 Å². The largest absolute Gasteiger partial charge is 0.379 e. The van der Waals surface area contributed by atoms with Crippen LogP contribution in [-0.4, -0.2) is 58.8 Å². The van der Waals surface area contributed by atoms with E-state index in [2.05, 4.69) is 49.7 Å². The van der Waals surface area contributed by atoms with Crippen molar-refractivity contribution in [3.63, 3.8) is 0 Å². The van der Waals surface area contributed by atoms with Crippen LogP contribution < -0.4 is 5.32 Å². The molecule has 0 radical (unpaired) electrons. The summed E-state index contributed by atoms with van der Waals surface area (Å²) in [7, 11) is 0. The predicted octanol–water partition coefficient (Wildman–Crippen LogP) is 2.98. The molecule has 3 N–H and O–H groups in total. The fourth-order valence-corrected chi connectivity index (χ4v) is 3.80. The monoisotopic (exact) mass is 375 g/mol. The minimum Gasteiger partial charge on any atom is -0.379 e. The van der Waals surface area contributed by atoms with Gasteiger partial charge in [0.1, 0.15) is 0 Å². The van der Waals surface area contributed by atoms with Crippen LogP contribution in [0, 0.1) is 0 Å². The number of morpholine rings is 1. The third-order valence-electron chi connectivity index (χ3n) is 5.21. The summed E-state index contributed by atoms with van der Waals surface area (Å²) in [5.41, 5.74) is 4.89. The Bertz CT molecular complexity index is 1140. The van der Waals surface area contributed by atoms with E-state index in [0.717, 1.165) is 51.7 Å². The molecule has 28 heavy (non-hydrogen) atoms. The molecule has 5 rings (SSSR count). The van der Waals surface area contributed by atoms with Crippen molar-refractivity contribution in [1.82, 2.24) is 20.1 Å². The lowest BCUT2D eigenvalue weighted by molar-refractivity contribution is -0.118. The zero-order valence-electron chi connectivity index (χ0n) is 15.4. The van der Waals surface area contributed by atoms with Gasteiger partial charge in [-0.3, -0.25) is 14.8 Å². The molecule has 1 amide bonds. The molecule has 2 aromatic heterocycles. The number of rotatable bonds is 4. The Hall–Kier alpha value is -3.16. The van der Waals surface area contributed by atoms with Gasteiger partial charge in [0.05, 0.1) is 37.2 Å². The van der Waals surface area contributed by atoms with Crippen LogP contribution in [0.2, 0.25) is 0 Å². The molecular formula is C21H21N5O2. The first-order valence-electron chi connectivity index (χ1n) is 9.41. The van der Waals surface area contributed by atoms with Crippen molar-refractivity contribution < 1.29 is 9.53 Å². The molecule has 1 fully saturated rings. The van der Waals surface area contributed by atoms with Gasteiger partial charge in [-0.15, -0.1) is 0 Å². The zero-order chi connectivity index (χ0) is 18.9. The van der Waals surface area contributed by atoms with Crippen LogP contribution >= 0.6 is 0 Å². The molecule has 7 nitrogen and oxygen atoms in total. The van der Waals surface area contributed by atoms with Crippen LogP contribution in [0.25, 0.3) is 32.9 Å². The second kappa shape index (κ2) is 7.10. The molecule has 0 atom stereocenters. The second-order valence-corrected chi connectivity index (χ2v) is 7.04. The second-order valence-electron chi connectivity index (χ2n) is 7.04. The summed E-state index contributed by atoms with van der Waals surface area (Å²) in [6.07, 6.45) is 3.69. The molecule has 142 valence electrons. The number of aromatic nitrogens is 3. The van der Waals surface area contributed by atoms with Crippen molar-refractivity contribution >= 4 is 33.4 Å². The SMILES string of the molecule is O=C(CN1CCOCC1)Nc1cc(-c2cccc3[nH]ccc23)cc2[nH]ncc12. The lowest BCUT2D eigenvalue weighted by Crippen LogP contribution is -2.41. The van der Waals surface area contributed by atoms with E-state index in [-0.39, 0.29) is 5.91 Å². The molecule has 0 spiro atoms. The lowest BCUT2D eigenvalue weighted by atomic mass is 9.99. The van der Waals surface area contributed by atoms with E-state index < -0.39 is 0 Å². The maximum atomic E-state index is 12.6. The predicted molar refractivity (Wildman–Crippen MR) is 109 cm³/mol. The smallest absolute Gasteiger partial charge is 0.238 e. The fraction of sp³-hybridized carbons (Fsp3) is 0.238. The summed E-state index contributed by atoms with van der Waals surface area (Å²) >= 11 is 0. The van der Waals surface area contributed by atoms with Gasteiger partial charge in [-0.05, 0) is 35.4 Å². The number of nitrogens with zero attached hydrogens (tertiary/aromatic N) is 2. The summed E-state index contributed by atoms with van der Waals surface area (Å²) in [6, 6.07) is 12.3. The summed E-state index contributed by atoms with van der Waals surface area (Å²) in [5.74, 6) is -0.0265. The standard InChI is InChI=1S/C21H21N5O2/c27-21(13-26-6-8-28-9-7-26)24-19-10-14(11-20-17(19)12-23-25-20)15-2-1-3-18-16(15)4-5-22-18/h1-5,10-12,22H,6-9,13H2,(H,23,25)(H,24,27). The van der Waals surface area contributed by atoms with Gasteiger partial charge in [0, 0.05) is 35.6 Å². The van der Waals surface area contributed by atoms with Crippen LogP contribution in [0.15, 0.2) is 48.8 Å². The summed E-state index contributed by atoms with van der Waals surface area (Å²) < 4.78 is 5.35. The number of anilines is 1. The summed E-state index contributed by atoms with van der Waals surface area (Å²) in [4.78, 5) is 18.0. The minimum absolute atomic E-state index is 0.0265. The fourth-order valence-electron chi connectivity index (χ4n) is 3.80. The highest BCUT2D eigenvalue weighted by atomic mass is 16.5. The molecule has 0 saturated carbocycles. The van der Waals surface area contributed by atoms with E-state index in [1.54, 1.807) is 6.20 Å². The maximum Gasteiger partial charge on any atom is 0.238 e. The highest BCUT2D eigenvalue weighted by Crippen LogP contribution is 2.33. The van der Waals surface area contributed by atoms with Crippen molar-refractivity contribution in [1.29, 1.82) is 0 Å². The number of carbonyl (C=O) groups is 1. The number of H-pyrrole nitrogens is 2. The molecule has 3 heterocycles. The molecule has 1 saturated heterocycles. The minimum atomic E-state index is -0.0265. The first-order chi connectivity index (χ1) is 13.8. The van der Waals surface area contributed by atoms with Crippen LogP contribution in [-0.2, 0) is 9.53 Å². The first-order valence-corrected chi connectivity index (χ1v) is 9.41. The Morgan fingerprint density at radius 3 is 2.93 bits per heavy atom. The van der Waals surface area contributed by atoms with Crippen molar-refractivity contribution in [3.05, 3.63) is 48.8 Å². The molecular weight excluding hydrogens is 354 g/mol. The normalized spacial score (nSPS) is 15.3. The van der Waals surface area contributed by atoms with E-state index >= 15 is 0 Å². The van der Waals surface area contributed by atoms with Gasteiger partial charge in [0.2, 0.25) is 5.91 Å². The Morgan fingerprint density at radius 1 is 1.14 bits per heavy atom. The van der Waals surface area contributed by atoms with Crippen LogP contribution in [0.1, 0.15) is 0 Å². The maximum absolute atomic E-state index is 12.6. The lowest BCUT2D eigenvalue weighted by Gasteiger charge is -2.25. The van der Waals surface area contributed by atoms with E-state index in [9.17, 15) is 4.79 Å². The van der Waals surface area contributed by atoms with Crippen molar-refractivity contribution in [2.45, 2.75) is 0 Å². The number of nitrogens with one attached hydrogen (secondary N) is 3. The van der Waals surface area contributed by atoms with Gasteiger partial charge in [-0.25, -0.2) is 0 Å². The number of carbonyl (C=O) groups excluding carboxylic acids is 1. The number of benzene rings is 2. The zero-order valence-corrected chi connectivity index (χ0v) is 15.4. The third-order valence-corrected chi connectivity index (χ3v) is 5.21. The number of aromatic amines is 2. The number of fused-ring (bicyclic) bond motifs is 2. The number of ether oxygens (including phenoxy) is 1. The first kappa shape index (κ1) is 17.0. The van der Waals surface area contributed by atoms with Crippen LogP contribution in [0.4, 0.5) is 5.69 Å². The van der Waals surface area contributed by atoms with Gasteiger partial charge in [0.15, 0.2) is 0 Å². The van der Waals surface area contributed by atoms with E-state index in [1.807, 2.05) is 18.3 Å².